The van der Waals surface area contributed by atoms with Crippen molar-refractivity contribution < 1.29 is 50.4 Å². The summed E-state index contributed by atoms with van der Waals surface area (Å²) in [5, 5.41) is -0.710. The molecule has 0 unspecified atom stereocenters. The Morgan fingerprint density at radius 2 is 1.89 bits per heavy atom. The van der Waals surface area contributed by atoms with Gasteiger partial charge in [-0.05, 0) is 65.1 Å². The van der Waals surface area contributed by atoms with Gasteiger partial charge in [0.15, 0.2) is 12.6 Å². The lowest BCUT2D eigenvalue weighted by Gasteiger charge is -2.46. The van der Waals surface area contributed by atoms with E-state index in [2.05, 4.69) is 9.97 Å². The van der Waals surface area contributed by atoms with Crippen molar-refractivity contribution in [2.45, 2.75) is 94.5 Å². The molecule has 3 aromatic rings. The third kappa shape index (κ3) is 6.38. The molecule has 1 amide bonds. The number of hydrogen-bond acceptors (Lipinski definition) is 11. The number of pyridine rings is 1. The van der Waals surface area contributed by atoms with E-state index in [0.717, 1.165) is 18.6 Å². The number of carbonyl (C=O) groups is 1. The van der Waals surface area contributed by atoms with E-state index in [0.29, 0.717) is 25.8 Å². The number of hydrogen-bond donors (Lipinski definition) is 0. The molecule has 4 saturated heterocycles. The Morgan fingerprint density at radius 1 is 1.09 bits per heavy atom. The summed E-state index contributed by atoms with van der Waals surface area (Å²) in [6.45, 7) is 6.24. The first kappa shape index (κ1) is 37.0. The second-order valence-corrected chi connectivity index (χ2v) is 16.0. The summed E-state index contributed by atoms with van der Waals surface area (Å²) in [6, 6.07) is 0.492. The second-order valence-electron chi connectivity index (χ2n) is 15.6. The fourth-order valence-electron chi connectivity index (χ4n) is 8.82. The Bertz CT molecular complexity index is 1990. The van der Waals surface area contributed by atoms with Crippen LogP contribution in [0, 0.1) is 5.82 Å². The van der Waals surface area contributed by atoms with E-state index in [1.807, 2.05) is 9.80 Å². The Kier molecular flexibility index (Phi) is 9.15. The predicted octanol–water partition coefficient (Wildman–Crippen LogP) is 6.79. The van der Waals surface area contributed by atoms with Crippen LogP contribution in [-0.2, 0) is 15.7 Å². The standard InChI is InChI=1S/C36H40ClF5N6O6/c1-34(2,3)54-33(49)48-19-6-7-23(48)24-15-51-31-25-29(27(39)28(43-31)21-10-20(53-17-50-4)11-22(37)26(21)36(40,41)42)44-32(45-30(25)47(24)14-19)52-16-35-8-5-9-46(35)13-18(38)12-35/h10-11,18-19,23-24H,5-9,12-17H2,1-4H3/t18-,19+,23-,24+,35+/m1/s1. The van der Waals surface area contributed by atoms with Gasteiger partial charge in [-0.1, -0.05) is 11.6 Å². The van der Waals surface area contributed by atoms with E-state index in [1.165, 1.54) is 7.11 Å². The van der Waals surface area contributed by atoms with Crippen LogP contribution in [0.2, 0.25) is 5.02 Å². The summed E-state index contributed by atoms with van der Waals surface area (Å²) in [5.74, 6) is -1.33. The first-order valence-electron chi connectivity index (χ1n) is 17.9. The summed E-state index contributed by atoms with van der Waals surface area (Å²) in [5.41, 5.74) is -4.51. The van der Waals surface area contributed by atoms with Crippen LogP contribution in [0.1, 0.15) is 58.4 Å². The molecule has 18 heteroatoms. The zero-order valence-electron chi connectivity index (χ0n) is 30.1. The van der Waals surface area contributed by atoms with Crippen LogP contribution >= 0.6 is 11.6 Å². The lowest BCUT2D eigenvalue weighted by molar-refractivity contribution is -0.137. The molecule has 54 heavy (non-hydrogen) atoms. The van der Waals surface area contributed by atoms with Gasteiger partial charge in [0.05, 0.1) is 34.3 Å². The van der Waals surface area contributed by atoms with Gasteiger partial charge in [0.25, 0.3) is 0 Å². The van der Waals surface area contributed by atoms with E-state index >= 15 is 4.39 Å². The monoisotopic (exact) mass is 782 g/mol. The van der Waals surface area contributed by atoms with Gasteiger partial charge in [0, 0.05) is 32.2 Å². The normalized spacial score (nSPS) is 26.4. The number of halogens is 6. The van der Waals surface area contributed by atoms with Crippen molar-refractivity contribution in [2.75, 3.05) is 51.7 Å². The molecule has 0 N–H and O–H groups in total. The highest BCUT2D eigenvalue weighted by Gasteiger charge is 2.53. The SMILES string of the molecule is COCOc1cc(Cl)c(C(F)(F)F)c(-c2nc3c4c(nc(OC[C@@]56CCCN5C[C@H](F)C6)nc4c2F)N2C[C@@H]4CC[C@H]([C@@H]2CO3)N4C(=O)OC(C)(C)C)c1. The van der Waals surface area contributed by atoms with Gasteiger partial charge in [0.2, 0.25) is 5.88 Å². The number of nitrogens with zero attached hydrogens (tertiary/aromatic N) is 6. The first-order valence-corrected chi connectivity index (χ1v) is 18.3. The molecule has 5 aliphatic heterocycles. The third-order valence-electron chi connectivity index (χ3n) is 11.0. The zero-order valence-corrected chi connectivity index (χ0v) is 30.9. The second kappa shape index (κ2) is 13.4. The van der Waals surface area contributed by atoms with Crippen LogP contribution in [0.25, 0.3) is 22.2 Å². The number of amides is 1. The summed E-state index contributed by atoms with van der Waals surface area (Å²) in [7, 11) is 1.33. The molecule has 5 atom stereocenters. The summed E-state index contributed by atoms with van der Waals surface area (Å²) in [4.78, 5) is 32.8. The number of rotatable bonds is 7. The van der Waals surface area contributed by atoms with Crippen LogP contribution < -0.4 is 19.1 Å². The number of benzene rings is 1. The van der Waals surface area contributed by atoms with Crippen molar-refractivity contribution in [1.82, 2.24) is 24.8 Å². The van der Waals surface area contributed by atoms with E-state index in [9.17, 15) is 22.4 Å². The molecule has 12 nitrogen and oxygen atoms in total. The average molecular weight is 783 g/mol. The van der Waals surface area contributed by atoms with Crippen molar-refractivity contribution in [3.63, 3.8) is 0 Å². The zero-order chi connectivity index (χ0) is 38.3. The Balaban J connectivity index is 1.27. The highest BCUT2D eigenvalue weighted by Crippen LogP contribution is 2.49. The van der Waals surface area contributed by atoms with Gasteiger partial charge in [-0.15, -0.1) is 0 Å². The maximum atomic E-state index is 17.1. The van der Waals surface area contributed by atoms with Crippen molar-refractivity contribution in [2.24, 2.45) is 0 Å². The number of piperazine rings is 1. The predicted molar refractivity (Wildman–Crippen MR) is 185 cm³/mol. The van der Waals surface area contributed by atoms with Crippen LogP contribution in [0.3, 0.4) is 0 Å². The van der Waals surface area contributed by atoms with E-state index < -0.39 is 69.3 Å². The summed E-state index contributed by atoms with van der Waals surface area (Å²) >= 11 is 6.19. The molecule has 2 bridgehead atoms. The smallest absolute Gasteiger partial charge is 0.418 e. The highest BCUT2D eigenvalue weighted by atomic mass is 35.5. The lowest BCUT2D eigenvalue weighted by Crippen LogP contribution is -2.63. The number of alkyl halides is 4. The van der Waals surface area contributed by atoms with Crippen LogP contribution in [-0.4, -0.2) is 113 Å². The van der Waals surface area contributed by atoms with Gasteiger partial charge in [-0.25, -0.2) is 18.6 Å². The van der Waals surface area contributed by atoms with Gasteiger partial charge < -0.3 is 28.6 Å². The molecule has 0 saturated carbocycles. The number of anilines is 1. The molecule has 0 spiro atoms. The molecule has 5 aliphatic rings. The molecular formula is C36H40ClF5N6O6. The lowest BCUT2D eigenvalue weighted by atomic mass is 9.95. The van der Waals surface area contributed by atoms with E-state index in [4.69, 9.17) is 40.3 Å². The molecule has 0 aliphatic carbocycles. The summed E-state index contributed by atoms with van der Waals surface area (Å²) in [6.07, 6.45) is -3.45. The topological polar surface area (TPSA) is 112 Å². The molecule has 7 heterocycles. The van der Waals surface area contributed by atoms with Crippen molar-refractivity contribution in [3.05, 3.63) is 28.5 Å². The van der Waals surface area contributed by atoms with Crippen LogP contribution in [0.5, 0.6) is 17.6 Å². The molecule has 0 radical (unpaired) electrons. The first-order chi connectivity index (χ1) is 25.6. The van der Waals surface area contributed by atoms with E-state index in [-0.39, 0.29) is 79.9 Å². The molecule has 8 rings (SSSR count). The molecule has 4 fully saturated rings. The maximum absolute atomic E-state index is 17.1. The Hall–Kier alpha value is -3.96. The summed E-state index contributed by atoms with van der Waals surface area (Å²) < 4.78 is 104. The number of ether oxygens (including phenoxy) is 5. The number of aromatic nitrogens is 3. The van der Waals surface area contributed by atoms with Crippen molar-refractivity contribution in [3.8, 4) is 28.9 Å². The Labute approximate surface area is 312 Å². The Morgan fingerprint density at radius 3 is 2.63 bits per heavy atom. The van der Waals surface area contributed by atoms with E-state index in [1.54, 1.807) is 25.7 Å². The van der Waals surface area contributed by atoms with Gasteiger partial charge in [-0.2, -0.15) is 23.1 Å². The largest absolute Gasteiger partial charge is 0.475 e. The minimum absolute atomic E-state index is 0.0229. The number of carbonyl (C=O) groups excluding carboxylic acids is 1. The fraction of sp³-hybridized carbons (Fsp3) is 0.611. The average Bonchev–Trinajstić information content (AvgIpc) is 3.69. The number of methoxy groups -OCH3 is 1. The third-order valence-corrected chi connectivity index (χ3v) is 11.3. The minimum Gasteiger partial charge on any atom is -0.475 e. The van der Waals surface area contributed by atoms with Crippen LogP contribution in [0.4, 0.5) is 32.6 Å². The van der Waals surface area contributed by atoms with Gasteiger partial charge in [-0.3, -0.25) is 9.80 Å². The molecule has 2 aromatic heterocycles. The van der Waals surface area contributed by atoms with Gasteiger partial charge in [0.1, 0.15) is 53.2 Å². The quantitative estimate of drug-likeness (QED) is 0.187. The fourth-order valence-corrected chi connectivity index (χ4v) is 9.14. The van der Waals surface area contributed by atoms with Crippen LogP contribution in [0.15, 0.2) is 12.1 Å². The molecule has 292 valence electrons. The number of fused-ring (bicyclic) bond motifs is 6. The molecule has 1 aromatic carbocycles. The van der Waals surface area contributed by atoms with Gasteiger partial charge >= 0.3 is 18.3 Å². The van der Waals surface area contributed by atoms with Crippen molar-refractivity contribution >= 4 is 34.4 Å². The van der Waals surface area contributed by atoms with Crippen molar-refractivity contribution in [1.29, 1.82) is 0 Å². The maximum Gasteiger partial charge on any atom is 0.418 e. The molecular weight excluding hydrogens is 743 g/mol. The highest BCUT2D eigenvalue weighted by molar-refractivity contribution is 6.32. The minimum atomic E-state index is -5.03.